The highest BCUT2D eigenvalue weighted by Crippen LogP contribution is 2.37. The molecule has 19 heavy (non-hydrogen) atoms. The van der Waals surface area contributed by atoms with Crippen molar-refractivity contribution >= 4 is 33.2 Å². The fourth-order valence-corrected chi connectivity index (χ4v) is 2.37. The molecule has 1 aliphatic rings. The Balaban J connectivity index is 1.97. The van der Waals surface area contributed by atoms with E-state index in [4.69, 9.17) is 10.5 Å². The average Bonchev–Trinajstić information content (AvgIpc) is 2.71. The highest BCUT2D eigenvalue weighted by Gasteiger charge is 2.20. The molecular formula is C14H11BrN2O2. The zero-order valence-electron chi connectivity index (χ0n) is 9.94. The first-order valence-corrected chi connectivity index (χ1v) is 6.57. The molecule has 5 heteroatoms. The number of ether oxygens (including phenoxy) is 1. The molecule has 1 heterocycles. The van der Waals surface area contributed by atoms with Crippen LogP contribution in [-0.2, 0) is 11.2 Å². The van der Waals surface area contributed by atoms with Crippen LogP contribution >= 0.6 is 15.9 Å². The van der Waals surface area contributed by atoms with Gasteiger partial charge in [0.2, 0.25) is 5.91 Å². The molecule has 3 N–H and O–H groups in total. The molecule has 2 aromatic carbocycles. The predicted octanol–water partition coefficient (Wildman–Crippen LogP) is 3.32. The van der Waals surface area contributed by atoms with E-state index in [9.17, 15) is 4.79 Å². The second kappa shape index (κ2) is 4.59. The molecule has 0 atom stereocenters. The molecule has 0 saturated carbocycles. The maximum absolute atomic E-state index is 11.3. The summed E-state index contributed by atoms with van der Waals surface area (Å²) >= 11 is 3.41. The SMILES string of the molecule is Nc1cc2c(cc1Oc1ccccc1Br)NC(=O)C2. The molecule has 0 bridgehead atoms. The van der Waals surface area contributed by atoms with E-state index in [0.29, 0.717) is 23.6 Å². The number of fused-ring (bicyclic) bond motifs is 1. The minimum atomic E-state index is -0.0209. The topological polar surface area (TPSA) is 64.3 Å². The number of benzene rings is 2. The van der Waals surface area contributed by atoms with Gasteiger partial charge in [0, 0.05) is 11.8 Å². The Morgan fingerprint density at radius 1 is 1.21 bits per heavy atom. The van der Waals surface area contributed by atoms with Crippen molar-refractivity contribution in [1.82, 2.24) is 0 Å². The van der Waals surface area contributed by atoms with Crippen molar-refractivity contribution in [3.8, 4) is 11.5 Å². The van der Waals surface area contributed by atoms with Gasteiger partial charge in [-0.3, -0.25) is 4.79 Å². The number of rotatable bonds is 2. The number of amides is 1. The van der Waals surface area contributed by atoms with Crippen molar-refractivity contribution in [2.45, 2.75) is 6.42 Å². The van der Waals surface area contributed by atoms with Gasteiger partial charge in [-0.2, -0.15) is 0 Å². The van der Waals surface area contributed by atoms with Gasteiger partial charge in [0.05, 0.1) is 16.6 Å². The van der Waals surface area contributed by atoms with Gasteiger partial charge in [0.25, 0.3) is 0 Å². The predicted molar refractivity (Wildman–Crippen MR) is 77.4 cm³/mol. The van der Waals surface area contributed by atoms with E-state index in [-0.39, 0.29) is 5.91 Å². The molecule has 0 saturated heterocycles. The summed E-state index contributed by atoms with van der Waals surface area (Å²) < 4.78 is 6.62. The van der Waals surface area contributed by atoms with Crippen LogP contribution < -0.4 is 15.8 Å². The fourth-order valence-electron chi connectivity index (χ4n) is 2.01. The summed E-state index contributed by atoms with van der Waals surface area (Å²) in [5.74, 6) is 1.19. The normalized spacial score (nSPS) is 13.0. The molecule has 3 rings (SSSR count). The first-order valence-electron chi connectivity index (χ1n) is 5.78. The van der Waals surface area contributed by atoms with Crippen LogP contribution in [0.4, 0.5) is 11.4 Å². The lowest BCUT2D eigenvalue weighted by Crippen LogP contribution is -2.03. The smallest absolute Gasteiger partial charge is 0.228 e. The third-order valence-corrected chi connectivity index (χ3v) is 3.57. The third-order valence-electron chi connectivity index (χ3n) is 2.92. The number of nitrogen functional groups attached to an aromatic ring is 1. The number of para-hydroxylation sites is 1. The van der Waals surface area contributed by atoms with Crippen molar-refractivity contribution < 1.29 is 9.53 Å². The molecular weight excluding hydrogens is 308 g/mol. The zero-order chi connectivity index (χ0) is 13.4. The van der Waals surface area contributed by atoms with Crippen molar-refractivity contribution in [2.24, 2.45) is 0 Å². The fraction of sp³-hybridized carbons (Fsp3) is 0.0714. The molecule has 96 valence electrons. The Labute approximate surface area is 118 Å². The van der Waals surface area contributed by atoms with Gasteiger partial charge in [-0.1, -0.05) is 12.1 Å². The Morgan fingerprint density at radius 3 is 2.79 bits per heavy atom. The van der Waals surface area contributed by atoms with E-state index in [2.05, 4.69) is 21.2 Å². The second-order valence-corrected chi connectivity index (χ2v) is 5.16. The standard InChI is InChI=1S/C14H11BrN2O2/c15-9-3-1-2-4-12(9)19-13-7-11-8(5-10(13)16)6-14(18)17-11/h1-5,7H,6,16H2,(H,17,18). The lowest BCUT2D eigenvalue weighted by molar-refractivity contribution is -0.115. The van der Waals surface area contributed by atoms with Crippen LogP contribution in [0.2, 0.25) is 0 Å². The maximum Gasteiger partial charge on any atom is 0.228 e. The summed E-state index contributed by atoms with van der Waals surface area (Å²) in [5, 5.41) is 2.78. The molecule has 0 aliphatic carbocycles. The number of carbonyl (C=O) groups excluding carboxylic acids is 1. The van der Waals surface area contributed by atoms with Crippen molar-refractivity contribution in [1.29, 1.82) is 0 Å². The minimum absolute atomic E-state index is 0.0209. The molecule has 0 radical (unpaired) electrons. The molecule has 0 aromatic heterocycles. The lowest BCUT2D eigenvalue weighted by Gasteiger charge is -2.11. The number of anilines is 2. The first-order chi connectivity index (χ1) is 9.13. The van der Waals surface area contributed by atoms with E-state index >= 15 is 0 Å². The summed E-state index contributed by atoms with van der Waals surface area (Å²) in [6, 6.07) is 11.1. The van der Waals surface area contributed by atoms with E-state index < -0.39 is 0 Å². The zero-order valence-corrected chi connectivity index (χ0v) is 11.5. The number of carbonyl (C=O) groups is 1. The van der Waals surface area contributed by atoms with Crippen LogP contribution in [-0.4, -0.2) is 5.91 Å². The first kappa shape index (κ1) is 12.0. The van der Waals surface area contributed by atoms with Crippen LogP contribution in [0.3, 0.4) is 0 Å². The van der Waals surface area contributed by atoms with Gasteiger partial charge in [0.15, 0.2) is 5.75 Å². The van der Waals surface area contributed by atoms with Crippen molar-refractivity contribution in [3.05, 3.63) is 46.4 Å². The third kappa shape index (κ3) is 2.29. The summed E-state index contributed by atoms with van der Waals surface area (Å²) in [5.41, 5.74) is 8.15. The van der Waals surface area contributed by atoms with Gasteiger partial charge in [0.1, 0.15) is 5.75 Å². The van der Waals surface area contributed by atoms with Gasteiger partial charge in [-0.25, -0.2) is 0 Å². The van der Waals surface area contributed by atoms with Crippen LogP contribution in [0.25, 0.3) is 0 Å². The quantitative estimate of drug-likeness (QED) is 0.835. The average molecular weight is 319 g/mol. The van der Waals surface area contributed by atoms with Gasteiger partial charge in [-0.05, 0) is 39.7 Å². The second-order valence-electron chi connectivity index (χ2n) is 4.30. The largest absolute Gasteiger partial charge is 0.454 e. The molecule has 1 amide bonds. The molecule has 0 unspecified atom stereocenters. The van der Waals surface area contributed by atoms with E-state index in [1.807, 2.05) is 24.3 Å². The van der Waals surface area contributed by atoms with Gasteiger partial charge in [-0.15, -0.1) is 0 Å². The Hall–Kier alpha value is -2.01. The molecule has 0 spiro atoms. The number of hydrogen-bond donors (Lipinski definition) is 2. The van der Waals surface area contributed by atoms with Crippen molar-refractivity contribution in [2.75, 3.05) is 11.1 Å². The van der Waals surface area contributed by atoms with E-state index in [1.54, 1.807) is 12.1 Å². The monoisotopic (exact) mass is 318 g/mol. The van der Waals surface area contributed by atoms with E-state index in [0.717, 1.165) is 15.7 Å². The van der Waals surface area contributed by atoms with Crippen LogP contribution in [0.15, 0.2) is 40.9 Å². The molecule has 0 fully saturated rings. The van der Waals surface area contributed by atoms with Crippen molar-refractivity contribution in [3.63, 3.8) is 0 Å². The Bertz CT molecular complexity index is 670. The summed E-state index contributed by atoms with van der Waals surface area (Å²) in [6.07, 6.45) is 0.370. The molecule has 4 nitrogen and oxygen atoms in total. The van der Waals surface area contributed by atoms with Gasteiger partial charge >= 0.3 is 0 Å². The highest BCUT2D eigenvalue weighted by molar-refractivity contribution is 9.10. The Kier molecular flexibility index (Phi) is 2.91. The molecule has 2 aromatic rings. The number of hydrogen-bond acceptors (Lipinski definition) is 3. The van der Waals surface area contributed by atoms with Crippen LogP contribution in [0.5, 0.6) is 11.5 Å². The minimum Gasteiger partial charge on any atom is -0.454 e. The summed E-state index contributed by atoms with van der Waals surface area (Å²) in [4.78, 5) is 11.3. The highest BCUT2D eigenvalue weighted by atomic mass is 79.9. The molecule has 1 aliphatic heterocycles. The van der Waals surface area contributed by atoms with Crippen LogP contribution in [0, 0.1) is 0 Å². The van der Waals surface area contributed by atoms with Gasteiger partial charge < -0.3 is 15.8 Å². The summed E-state index contributed by atoms with van der Waals surface area (Å²) in [6.45, 7) is 0. The van der Waals surface area contributed by atoms with Crippen LogP contribution in [0.1, 0.15) is 5.56 Å². The lowest BCUT2D eigenvalue weighted by atomic mass is 10.1. The maximum atomic E-state index is 11.3. The Morgan fingerprint density at radius 2 is 2.00 bits per heavy atom. The summed E-state index contributed by atoms with van der Waals surface area (Å²) in [7, 11) is 0. The number of nitrogens with two attached hydrogens (primary N) is 1. The number of nitrogens with one attached hydrogen (secondary N) is 1. The van der Waals surface area contributed by atoms with E-state index in [1.165, 1.54) is 0 Å². The number of halogens is 1.